The molecule has 0 spiro atoms. The highest BCUT2D eigenvalue weighted by Crippen LogP contribution is 2.38. The van der Waals surface area contributed by atoms with Gasteiger partial charge in [-0.2, -0.15) is 4.98 Å². The number of rotatable bonds is 7. The molecule has 8 nitrogen and oxygen atoms in total. The van der Waals surface area contributed by atoms with Gasteiger partial charge in [0, 0.05) is 51.2 Å². The molecule has 162 valence electrons. The number of carbonyl (C=O) groups excluding carboxylic acids is 1. The van der Waals surface area contributed by atoms with Crippen LogP contribution in [0, 0.1) is 5.41 Å². The van der Waals surface area contributed by atoms with E-state index in [0.717, 1.165) is 31.2 Å². The lowest BCUT2D eigenvalue weighted by molar-refractivity contribution is -0.138. The molecule has 1 aromatic carbocycles. The zero-order chi connectivity index (χ0) is 21.6. The third kappa shape index (κ3) is 5.30. The van der Waals surface area contributed by atoms with Crippen LogP contribution < -0.4 is 10.6 Å². The fourth-order valence-corrected chi connectivity index (χ4v) is 4.05. The van der Waals surface area contributed by atoms with Crippen molar-refractivity contribution in [2.75, 3.05) is 34.2 Å². The van der Waals surface area contributed by atoms with Crippen molar-refractivity contribution in [1.82, 2.24) is 25.7 Å². The minimum Gasteiger partial charge on any atom is -0.356 e. The van der Waals surface area contributed by atoms with E-state index in [0.29, 0.717) is 42.2 Å². The molecule has 1 heterocycles. The van der Waals surface area contributed by atoms with Gasteiger partial charge >= 0.3 is 0 Å². The second-order valence-electron chi connectivity index (χ2n) is 7.81. The Kier molecular flexibility index (Phi) is 7.31. The van der Waals surface area contributed by atoms with Crippen LogP contribution in [0.15, 0.2) is 33.8 Å². The van der Waals surface area contributed by atoms with Crippen LogP contribution in [0.2, 0.25) is 5.02 Å². The fraction of sp³-hybridized carbons (Fsp3) is 0.524. The van der Waals surface area contributed by atoms with E-state index in [2.05, 4.69) is 25.8 Å². The van der Waals surface area contributed by atoms with Crippen LogP contribution in [0.5, 0.6) is 0 Å². The number of aliphatic imine (C=N–C) groups is 1. The summed E-state index contributed by atoms with van der Waals surface area (Å²) in [4.78, 5) is 23.1. The van der Waals surface area contributed by atoms with Crippen LogP contribution in [0.3, 0.4) is 0 Å². The number of amides is 1. The maximum absolute atomic E-state index is 12.7. The Bertz CT molecular complexity index is 889. The highest BCUT2D eigenvalue weighted by molar-refractivity contribution is 6.30. The fourth-order valence-electron chi connectivity index (χ4n) is 3.85. The molecule has 1 saturated carbocycles. The van der Waals surface area contributed by atoms with E-state index in [1.165, 1.54) is 0 Å². The molecule has 3 rings (SSSR count). The van der Waals surface area contributed by atoms with E-state index in [-0.39, 0.29) is 11.3 Å². The van der Waals surface area contributed by atoms with E-state index < -0.39 is 0 Å². The number of nitrogens with one attached hydrogen (secondary N) is 2. The summed E-state index contributed by atoms with van der Waals surface area (Å²) in [7, 11) is 5.35. The first-order valence-corrected chi connectivity index (χ1v) is 10.6. The number of halogens is 1. The molecule has 1 aromatic heterocycles. The lowest BCUT2D eigenvalue weighted by atomic mass is 9.84. The number of hydrogen-bond donors (Lipinski definition) is 2. The molecule has 1 fully saturated rings. The summed E-state index contributed by atoms with van der Waals surface area (Å²) in [5, 5.41) is 11.2. The monoisotopic (exact) mass is 432 g/mol. The Morgan fingerprint density at radius 1 is 1.30 bits per heavy atom. The molecule has 30 heavy (non-hydrogen) atoms. The molecule has 1 aliphatic rings. The molecule has 9 heteroatoms. The van der Waals surface area contributed by atoms with Crippen molar-refractivity contribution in [3.63, 3.8) is 0 Å². The van der Waals surface area contributed by atoms with Gasteiger partial charge in [-0.3, -0.25) is 9.79 Å². The number of benzene rings is 1. The predicted molar refractivity (Wildman–Crippen MR) is 117 cm³/mol. The minimum atomic E-state index is -0.348. The van der Waals surface area contributed by atoms with Gasteiger partial charge in [0.2, 0.25) is 17.6 Å². The summed E-state index contributed by atoms with van der Waals surface area (Å²) in [5.74, 6) is 1.88. The van der Waals surface area contributed by atoms with E-state index in [9.17, 15) is 4.79 Å². The van der Waals surface area contributed by atoms with Crippen molar-refractivity contribution >= 4 is 23.5 Å². The van der Waals surface area contributed by atoms with Gasteiger partial charge in [-0.15, -0.1) is 0 Å². The molecular formula is C21H29ClN6O2. The molecular weight excluding hydrogens is 404 g/mol. The van der Waals surface area contributed by atoms with E-state index in [1.807, 2.05) is 26.2 Å². The molecule has 1 amide bonds. The standard InChI is InChI=1S/C21H29ClN6O2/c1-23-20(25-14-21(10-4-5-11-21)19(29)28(2)3)24-12-9-17-26-18(27-30-17)15-7-6-8-16(22)13-15/h6-8,13H,4-5,9-12,14H2,1-3H3,(H2,23,24,25). The van der Waals surface area contributed by atoms with Crippen LogP contribution in [0.4, 0.5) is 0 Å². The number of carbonyl (C=O) groups is 1. The number of hydrogen-bond acceptors (Lipinski definition) is 5. The highest BCUT2D eigenvalue weighted by Gasteiger charge is 2.42. The first-order valence-electron chi connectivity index (χ1n) is 10.2. The van der Waals surface area contributed by atoms with E-state index >= 15 is 0 Å². The smallest absolute Gasteiger partial charge is 0.230 e. The summed E-state index contributed by atoms with van der Waals surface area (Å²) in [6.07, 6.45) is 4.53. The lowest BCUT2D eigenvalue weighted by Gasteiger charge is -2.31. The minimum absolute atomic E-state index is 0.183. The maximum Gasteiger partial charge on any atom is 0.230 e. The molecule has 0 atom stereocenters. The number of guanidine groups is 1. The van der Waals surface area contributed by atoms with Crippen LogP contribution in [0.25, 0.3) is 11.4 Å². The summed E-state index contributed by atoms with van der Waals surface area (Å²) >= 11 is 6.02. The van der Waals surface area contributed by atoms with Crippen LogP contribution in [0.1, 0.15) is 31.6 Å². The normalized spacial score (nSPS) is 15.8. The quantitative estimate of drug-likeness (QED) is 0.516. The summed E-state index contributed by atoms with van der Waals surface area (Å²) < 4.78 is 5.33. The van der Waals surface area contributed by atoms with Crippen LogP contribution >= 0.6 is 11.6 Å². The number of nitrogens with zero attached hydrogens (tertiary/aromatic N) is 4. The van der Waals surface area contributed by atoms with Gasteiger partial charge in [0.05, 0.1) is 5.41 Å². The zero-order valence-electron chi connectivity index (χ0n) is 17.7. The first kappa shape index (κ1) is 22.1. The summed E-state index contributed by atoms with van der Waals surface area (Å²) in [5.41, 5.74) is 0.467. The van der Waals surface area contributed by atoms with Gasteiger partial charge in [-0.1, -0.05) is 41.7 Å². The predicted octanol–water partition coefficient (Wildman–Crippen LogP) is 2.75. The topological polar surface area (TPSA) is 95.6 Å². The molecule has 0 radical (unpaired) electrons. The van der Waals surface area contributed by atoms with Crippen molar-refractivity contribution in [1.29, 1.82) is 0 Å². The third-order valence-electron chi connectivity index (χ3n) is 5.42. The largest absolute Gasteiger partial charge is 0.356 e. The van der Waals surface area contributed by atoms with E-state index in [4.69, 9.17) is 16.1 Å². The average molecular weight is 433 g/mol. The Balaban J connectivity index is 1.51. The summed E-state index contributed by atoms with van der Waals surface area (Å²) in [6.45, 7) is 1.15. The SMILES string of the molecule is CN=C(NCCc1nc(-c2cccc(Cl)c2)no1)NCC1(C(=O)N(C)C)CCCC1. The van der Waals surface area contributed by atoms with Gasteiger partial charge in [-0.25, -0.2) is 0 Å². The van der Waals surface area contributed by atoms with Crippen LogP contribution in [-0.2, 0) is 11.2 Å². The van der Waals surface area contributed by atoms with Gasteiger partial charge in [0.15, 0.2) is 5.96 Å². The van der Waals surface area contributed by atoms with Gasteiger partial charge < -0.3 is 20.1 Å². The first-order chi connectivity index (χ1) is 14.4. The molecule has 0 bridgehead atoms. The molecule has 0 aliphatic heterocycles. The zero-order valence-corrected chi connectivity index (χ0v) is 18.5. The molecule has 0 saturated heterocycles. The Morgan fingerprint density at radius 3 is 2.73 bits per heavy atom. The van der Waals surface area contributed by atoms with Crippen molar-refractivity contribution in [3.05, 3.63) is 35.2 Å². The molecule has 2 aromatic rings. The maximum atomic E-state index is 12.7. The number of aromatic nitrogens is 2. The molecule has 0 unspecified atom stereocenters. The lowest BCUT2D eigenvalue weighted by Crippen LogP contribution is -2.49. The highest BCUT2D eigenvalue weighted by atomic mass is 35.5. The second kappa shape index (κ2) is 9.93. The van der Waals surface area contributed by atoms with Crippen molar-refractivity contribution < 1.29 is 9.32 Å². The second-order valence-corrected chi connectivity index (χ2v) is 8.25. The van der Waals surface area contributed by atoms with Crippen LogP contribution in [-0.4, -0.2) is 61.1 Å². The van der Waals surface area contributed by atoms with Gasteiger partial charge in [0.1, 0.15) is 0 Å². The Morgan fingerprint density at radius 2 is 2.07 bits per heavy atom. The van der Waals surface area contributed by atoms with Crippen molar-refractivity contribution in [2.24, 2.45) is 10.4 Å². The van der Waals surface area contributed by atoms with Crippen molar-refractivity contribution in [2.45, 2.75) is 32.1 Å². The Hall–Kier alpha value is -2.61. The third-order valence-corrected chi connectivity index (χ3v) is 5.66. The van der Waals surface area contributed by atoms with Gasteiger partial charge in [0.25, 0.3) is 0 Å². The van der Waals surface area contributed by atoms with E-state index in [1.54, 1.807) is 24.1 Å². The van der Waals surface area contributed by atoms with Gasteiger partial charge in [-0.05, 0) is 25.0 Å². The summed E-state index contributed by atoms with van der Waals surface area (Å²) in [6, 6.07) is 7.34. The molecule has 2 N–H and O–H groups in total. The average Bonchev–Trinajstić information content (AvgIpc) is 3.40. The Labute approximate surface area is 182 Å². The van der Waals surface area contributed by atoms with Crippen molar-refractivity contribution in [3.8, 4) is 11.4 Å². The molecule has 1 aliphatic carbocycles.